The third kappa shape index (κ3) is 6.80. The molecular formula is C25H27ClN4O3. The van der Waals surface area contributed by atoms with Gasteiger partial charge in [-0.1, -0.05) is 37.1 Å². The fourth-order valence-electron chi connectivity index (χ4n) is 3.52. The van der Waals surface area contributed by atoms with Crippen LogP contribution in [-0.2, 0) is 4.74 Å². The van der Waals surface area contributed by atoms with Crippen molar-refractivity contribution in [2.75, 3.05) is 18.5 Å². The van der Waals surface area contributed by atoms with E-state index in [1.54, 1.807) is 36.4 Å². The molecular weight excluding hydrogens is 440 g/mol. The number of halogens is 1. The summed E-state index contributed by atoms with van der Waals surface area (Å²) < 4.78 is 5.20. The van der Waals surface area contributed by atoms with E-state index >= 15 is 0 Å². The van der Waals surface area contributed by atoms with Gasteiger partial charge >= 0.3 is 12.0 Å². The molecule has 0 fully saturated rings. The molecule has 1 atom stereocenters. The standard InChI is InChI=1S/C25H27ClN4O3/c1-2-3-16-33-24(31)19-9-13-22(14-10-19)28-25(32)30-17-20(6-4-5-15-27)23(29-30)18-7-11-21(26)12-8-18/h7-14,20H,2-6,16-17H2,1H3,(H,28,32). The predicted octanol–water partition coefficient (Wildman–Crippen LogP) is 5.86. The zero-order valence-corrected chi connectivity index (χ0v) is 19.3. The maximum atomic E-state index is 12.9. The summed E-state index contributed by atoms with van der Waals surface area (Å²) in [6.45, 7) is 2.85. The molecule has 33 heavy (non-hydrogen) atoms. The largest absolute Gasteiger partial charge is 0.462 e. The fourth-order valence-corrected chi connectivity index (χ4v) is 3.64. The number of hydrazone groups is 1. The van der Waals surface area contributed by atoms with Gasteiger partial charge in [-0.3, -0.25) is 0 Å². The molecule has 1 N–H and O–H groups in total. The Hall–Kier alpha value is -3.37. The van der Waals surface area contributed by atoms with E-state index in [0.717, 1.165) is 37.0 Å². The van der Waals surface area contributed by atoms with Gasteiger partial charge in [-0.15, -0.1) is 0 Å². The number of nitrogens with zero attached hydrogens (tertiary/aromatic N) is 3. The number of carbonyl (C=O) groups excluding carboxylic acids is 2. The monoisotopic (exact) mass is 466 g/mol. The van der Waals surface area contributed by atoms with Crippen LogP contribution >= 0.6 is 11.6 Å². The average Bonchev–Trinajstić information content (AvgIpc) is 3.25. The minimum atomic E-state index is -0.377. The summed E-state index contributed by atoms with van der Waals surface area (Å²) >= 11 is 6.01. The number of unbranched alkanes of at least 4 members (excludes halogenated alkanes) is 2. The first-order valence-electron chi connectivity index (χ1n) is 11.1. The van der Waals surface area contributed by atoms with Gasteiger partial charge in [-0.25, -0.2) is 14.6 Å². The van der Waals surface area contributed by atoms with Crippen molar-refractivity contribution in [3.05, 3.63) is 64.7 Å². The average molecular weight is 467 g/mol. The molecule has 0 bridgehead atoms. The third-order valence-corrected chi connectivity index (χ3v) is 5.58. The lowest BCUT2D eigenvalue weighted by atomic mass is 9.93. The Labute approximate surface area is 199 Å². The lowest BCUT2D eigenvalue weighted by Gasteiger charge is -2.15. The lowest BCUT2D eigenvalue weighted by Crippen LogP contribution is -2.30. The number of hydrogen-bond donors (Lipinski definition) is 1. The fraction of sp³-hybridized carbons (Fsp3) is 0.360. The van der Waals surface area contributed by atoms with E-state index in [4.69, 9.17) is 21.6 Å². The van der Waals surface area contributed by atoms with Crippen LogP contribution < -0.4 is 5.32 Å². The highest BCUT2D eigenvalue weighted by molar-refractivity contribution is 6.30. The number of amides is 2. The molecule has 1 aliphatic rings. The van der Waals surface area contributed by atoms with Gasteiger partial charge in [-0.2, -0.15) is 10.4 Å². The zero-order chi connectivity index (χ0) is 23.6. The predicted molar refractivity (Wildman–Crippen MR) is 128 cm³/mol. The van der Waals surface area contributed by atoms with E-state index in [1.165, 1.54) is 5.01 Å². The van der Waals surface area contributed by atoms with Crippen molar-refractivity contribution in [1.29, 1.82) is 5.26 Å². The first kappa shape index (κ1) is 24.3. The van der Waals surface area contributed by atoms with Crippen molar-refractivity contribution in [2.45, 2.75) is 39.0 Å². The third-order valence-electron chi connectivity index (χ3n) is 5.33. The normalized spacial score (nSPS) is 15.0. The number of rotatable bonds is 9. The number of nitriles is 1. The number of benzene rings is 2. The number of esters is 1. The second-order valence-corrected chi connectivity index (χ2v) is 8.25. The Morgan fingerprint density at radius 2 is 1.91 bits per heavy atom. The summed E-state index contributed by atoms with van der Waals surface area (Å²) in [4.78, 5) is 24.9. The Kier molecular flexibility index (Phi) is 8.85. The molecule has 172 valence electrons. The Bertz CT molecular complexity index is 1030. The second-order valence-electron chi connectivity index (χ2n) is 7.82. The van der Waals surface area contributed by atoms with Gasteiger partial charge in [0.2, 0.25) is 0 Å². The molecule has 0 spiro atoms. The van der Waals surface area contributed by atoms with Crippen LogP contribution in [0.5, 0.6) is 0 Å². The van der Waals surface area contributed by atoms with Crippen LogP contribution in [0.1, 0.15) is 54.9 Å². The smallest absolute Gasteiger partial charge is 0.342 e. The van der Waals surface area contributed by atoms with Gasteiger partial charge in [0.25, 0.3) is 0 Å². The number of nitrogens with one attached hydrogen (secondary N) is 1. The van der Waals surface area contributed by atoms with Crippen molar-refractivity contribution >= 4 is 35.0 Å². The van der Waals surface area contributed by atoms with E-state index in [-0.39, 0.29) is 17.9 Å². The van der Waals surface area contributed by atoms with E-state index in [1.807, 2.05) is 19.1 Å². The molecule has 0 radical (unpaired) electrons. The zero-order valence-electron chi connectivity index (χ0n) is 18.6. The van der Waals surface area contributed by atoms with E-state index in [2.05, 4.69) is 16.5 Å². The van der Waals surface area contributed by atoms with Crippen LogP contribution in [-0.4, -0.2) is 35.9 Å². The number of anilines is 1. The summed E-state index contributed by atoms with van der Waals surface area (Å²) in [5.74, 6) is -0.344. The molecule has 3 rings (SSSR count). The van der Waals surface area contributed by atoms with Crippen molar-refractivity contribution in [2.24, 2.45) is 11.0 Å². The summed E-state index contributed by atoms with van der Waals surface area (Å²) in [5, 5.41) is 18.3. The molecule has 8 heteroatoms. The van der Waals surface area contributed by atoms with E-state index < -0.39 is 0 Å². The molecule has 7 nitrogen and oxygen atoms in total. The van der Waals surface area contributed by atoms with Crippen LogP contribution in [0.4, 0.5) is 10.5 Å². The van der Waals surface area contributed by atoms with Gasteiger partial charge in [-0.05, 0) is 61.2 Å². The number of carbonyl (C=O) groups is 2. The molecule has 0 saturated carbocycles. The summed E-state index contributed by atoms with van der Waals surface area (Å²) in [6, 6.07) is 15.8. The molecule has 0 aromatic heterocycles. The van der Waals surface area contributed by atoms with Crippen LogP contribution in [0, 0.1) is 17.2 Å². The van der Waals surface area contributed by atoms with Crippen LogP contribution in [0.2, 0.25) is 5.02 Å². The van der Waals surface area contributed by atoms with Gasteiger partial charge in [0.15, 0.2) is 0 Å². The molecule has 0 saturated heterocycles. The van der Waals surface area contributed by atoms with Gasteiger partial charge < -0.3 is 10.1 Å². The first-order valence-corrected chi connectivity index (χ1v) is 11.5. The summed E-state index contributed by atoms with van der Waals surface area (Å²) in [5.41, 5.74) is 2.71. The molecule has 1 unspecified atom stereocenters. The molecule has 0 aliphatic carbocycles. The second kappa shape index (κ2) is 12.0. The van der Waals surface area contributed by atoms with Crippen LogP contribution in [0.15, 0.2) is 53.6 Å². The van der Waals surface area contributed by atoms with E-state index in [0.29, 0.717) is 35.8 Å². The molecule has 2 aromatic rings. The van der Waals surface area contributed by atoms with Gasteiger partial charge in [0.1, 0.15) is 0 Å². The summed E-state index contributed by atoms with van der Waals surface area (Å²) in [7, 11) is 0. The van der Waals surface area contributed by atoms with Crippen molar-refractivity contribution in [3.8, 4) is 6.07 Å². The van der Waals surface area contributed by atoms with Crippen LogP contribution in [0.3, 0.4) is 0 Å². The summed E-state index contributed by atoms with van der Waals surface area (Å²) in [6.07, 6.45) is 3.73. The number of urea groups is 1. The highest BCUT2D eigenvalue weighted by Crippen LogP contribution is 2.26. The van der Waals surface area contributed by atoms with Crippen molar-refractivity contribution in [1.82, 2.24) is 5.01 Å². The SMILES string of the molecule is CCCCOC(=O)c1ccc(NC(=O)N2CC(CCCC#N)C(c3ccc(Cl)cc3)=N2)cc1. The maximum absolute atomic E-state index is 12.9. The van der Waals surface area contributed by atoms with Crippen molar-refractivity contribution < 1.29 is 14.3 Å². The molecule has 1 heterocycles. The van der Waals surface area contributed by atoms with Gasteiger partial charge in [0, 0.05) is 23.0 Å². The van der Waals surface area contributed by atoms with Crippen LogP contribution in [0.25, 0.3) is 0 Å². The minimum Gasteiger partial charge on any atom is -0.462 e. The topological polar surface area (TPSA) is 94.8 Å². The number of ether oxygens (including phenoxy) is 1. The first-order chi connectivity index (χ1) is 16.0. The molecule has 2 amide bonds. The Morgan fingerprint density at radius 3 is 2.58 bits per heavy atom. The highest BCUT2D eigenvalue weighted by atomic mass is 35.5. The van der Waals surface area contributed by atoms with Crippen molar-refractivity contribution in [3.63, 3.8) is 0 Å². The van der Waals surface area contributed by atoms with E-state index in [9.17, 15) is 9.59 Å². The Balaban J connectivity index is 1.66. The minimum absolute atomic E-state index is 0.0329. The molecule has 1 aliphatic heterocycles. The lowest BCUT2D eigenvalue weighted by molar-refractivity contribution is 0.0500. The molecule has 2 aromatic carbocycles. The Morgan fingerprint density at radius 1 is 1.18 bits per heavy atom. The van der Waals surface area contributed by atoms with Gasteiger partial charge in [0.05, 0.1) is 30.5 Å². The number of hydrogen-bond acceptors (Lipinski definition) is 5. The quantitative estimate of drug-likeness (QED) is 0.370. The highest BCUT2D eigenvalue weighted by Gasteiger charge is 2.30. The maximum Gasteiger partial charge on any atom is 0.342 e.